The standard InChI is InChI=1S/C27H36FN3O/c1-5-12-30(4)18-25-24(19-32)10-7-11-26(25)29-14-22-8-6-9-23(27(22)28)17-31-15-20(2)13-21(3)16-31/h5-11,19-21,29H,1,12-18H2,2-4H3. The van der Waals surface area contributed by atoms with Crippen LogP contribution in [0.4, 0.5) is 10.1 Å². The average molecular weight is 438 g/mol. The van der Waals surface area contributed by atoms with E-state index in [1.54, 1.807) is 0 Å². The number of hydrogen-bond acceptors (Lipinski definition) is 4. The first-order valence-electron chi connectivity index (χ1n) is 11.5. The fraction of sp³-hybridized carbons (Fsp3) is 0.444. The molecule has 2 aromatic carbocycles. The molecule has 3 rings (SSSR count). The lowest BCUT2D eigenvalue weighted by molar-refractivity contribution is 0.112. The van der Waals surface area contributed by atoms with Crippen molar-refractivity contribution in [3.05, 3.63) is 77.1 Å². The van der Waals surface area contributed by atoms with Crippen LogP contribution in [-0.4, -0.2) is 42.8 Å². The highest BCUT2D eigenvalue weighted by Gasteiger charge is 2.23. The maximum atomic E-state index is 15.3. The second-order valence-corrected chi connectivity index (χ2v) is 9.36. The van der Waals surface area contributed by atoms with Crippen LogP contribution in [0.5, 0.6) is 0 Å². The van der Waals surface area contributed by atoms with Crippen molar-refractivity contribution >= 4 is 12.0 Å². The van der Waals surface area contributed by atoms with E-state index in [0.717, 1.165) is 42.7 Å². The number of piperidine rings is 1. The molecule has 0 spiro atoms. The summed E-state index contributed by atoms with van der Waals surface area (Å²) in [6, 6.07) is 11.3. The van der Waals surface area contributed by atoms with Crippen molar-refractivity contribution in [2.24, 2.45) is 11.8 Å². The molecule has 1 aliphatic rings. The topological polar surface area (TPSA) is 35.6 Å². The van der Waals surface area contributed by atoms with Crippen LogP contribution in [0.25, 0.3) is 0 Å². The van der Waals surface area contributed by atoms with Gasteiger partial charge in [0.25, 0.3) is 0 Å². The van der Waals surface area contributed by atoms with Crippen LogP contribution in [0.1, 0.15) is 47.3 Å². The lowest BCUT2D eigenvalue weighted by Crippen LogP contribution is -2.38. The molecule has 1 fully saturated rings. The first kappa shape index (κ1) is 24.1. The fourth-order valence-corrected chi connectivity index (χ4v) is 4.86. The molecule has 5 heteroatoms. The number of likely N-dealkylation sites (tertiary alicyclic amines) is 1. The SMILES string of the molecule is C=CCN(C)Cc1c(C=O)cccc1NCc1cccc(CN2CC(C)CC(C)C2)c1F. The molecule has 0 aliphatic carbocycles. The van der Waals surface area contributed by atoms with Gasteiger partial charge in [-0.1, -0.05) is 50.3 Å². The lowest BCUT2D eigenvalue weighted by atomic mass is 9.91. The zero-order chi connectivity index (χ0) is 23.1. The molecule has 32 heavy (non-hydrogen) atoms. The molecule has 2 unspecified atom stereocenters. The summed E-state index contributed by atoms with van der Waals surface area (Å²) in [5.74, 6) is 1.16. The number of carbonyl (C=O) groups excluding carboxylic acids is 1. The summed E-state index contributed by atoms with van der Waals surface area (Å²) in [5.41, 5.74) is 3.81. The average Bonchev–Trinajstić information content (AvgIpc) is 2.74. The third-order valence-corrected chi connectivity index (χ3v) is 6.17. The first-order chi connectivity index (χ1) is 15.4. The van der Waals surface area contributed by atoms with E-state index in [1.165, 1.54) is 6.42 Å². The molecule has 1 saturated heterocycles. The molecule has 0 saturated carbocycles. The molecule has 0 amide bonds. The number of benzene rings is 2. The Bertz CT molecular complexity index is 919. The van der Waals surface area contributed by atoms with Crippen molar-refractivity contribution < 1.29 is 9.18 Å². The van der Waals surface area contributed by atoms with Crippen LogP contribution in [-0.2, 0) is 19.6 Å². The molecule has 0 radical (unpaired) electrons. The number of aldehydes is 1. The van der Waals surface area contributed by atoms with Crippen molar-refractivity contribution in [3.63, 3.8) is 0 Å². The Morgan fingerprint density at radius 1 is 1.16 bits per heavy atom. The van der Waals surface area contributed by atoms with Gasteiger partial charge in [0, 0.05) is 61.6 Å². The van der Waals surface area contributed by atoms with E-state index in [1.807, 2.05) is 49.5 Å². The Morgan fingerprint density at radius 3 is 2.53 bits per heavy atom. The first-order valence-corrected chi connectivity index (χ1v) is 11.5. The Balaban J connectivity index is 1.74. The maximum absolute atomic E-state index is 15.3. The van der Waals surface area contributed by atoms with Crippen molar-refractivity contribution in [2.75, 3.05) is 32.0 Å². The highest BCUT2D eigenvalue weighted by Crippen LogP contribution is 2.25. The number of rotatable bonds is 10. The van der Waals surface area contributed by atoms with E-state index in [2.05, 4.69) is 35.5 Å². The minimum atomic E-state index is -0.136. The van der Waals surface area contributed by atoms with E-state index < -0.39 is 0 Å². The van der Waals surface area contributed by atoms with Gasteiger partial charge >= 0.3 is 0 Å². The Labute approximate surface area is 192 Å². The van der Waals surface area contributed by atoms with Crippen LogP contribution >= 0.6 is 0 Å². The number of nitrogens with one attached hydrogen (secondary N) is 1. The summed E-state index contributed by atoms with van der Waals surface area (Å²) in [4.78, 5) is 16.1. The van der Waals surface area contributed by atoms with Crippen molar-refractivity contribution in [1.82, 2.24) is 9.80 Å². The Morgan fingerprint density at radius 2 is 1.84 bits per heavy atom. The summed E-state index contributed by atoms with van der Waals surface area (Å²) in [6.07, 6.45) is 3.96. The molecule has 4 nitrogen and oxygen atoms in total. The normalized spacial score (nSPS) is 19.2. The van der Waals surface area contributed by atoms with Crippen LogP contribution in [0, 0.1) is 17.7 Å². The monoisotopic (exact) mass is 437 g/mol. The fourth-order valence-electron chi connectivity index (χ4n) is 4.86. The highest BCUT2D eigenvalue weighted by molar-refractivity contribution is 5.80. The predicted octanol–water partition coefficient (Wildman–Crippen LogP) is 5.35. The Hall–Kier alpha value is -2.50. The number of carbonyl (C=O) groups is 1. The number of halogens is 1. The second kappa shape index (κ2) is 11.4. The van der Waals surface area contributed by atoms with Crippen LogP contribution in [0.2, 0.25) is 0 Å². The molecule has 2 atom stereocenters. The third-order valence-electron chi connectivity index (χ3n) is 6.17. The number of hydrogen-bond donors (Lipinski definition) is 1. The van der Waals surface area contributed by atoms with Gasteiger partial charge in [-0.15, -0.1) is 6.58 Å². The third kappa shape index (κ3) is 6.27. The summed E-state index contributed by atoms with van der Waals surface area (Å²) in [5, 5.41) is 3.37. The van der Waals surface area contributed by atoms with E-state index in [9.17, 15) is 4.79 Å². The second-order valence-electron chi connectivity index (χ2n) is 9.36. The summed E-state index contributed by atoms with van der Waals surface area (Å²) < 4.78 is 15.3. The molecule has 2 aromatic rings. The molecular formula is C27H36FN3O. The van der Waals surface area contributed by atoms with Crippen molar-refractivity contribution in [1.29, 1.82) is 0 Å². The van der Waals surface area contributed by atoms with Gasteiger partial charge in [-0.3, -0.25) is 14.6 Å². The van der Waals surface area contributed by atoms with E-state index in [-0.39, 0.29) is 5.82 Å². The summed E-state index contributed by atoms with van der Waals surface area (Å²) in [7, 11) is 1.98. The van der Waals surface area contributed by atoms with E-state index >= 15 is 4.39 Å². The zero-order valence-corrected chi connectivity index (χ0v) is 19.6. The summed E-state index contributed by atoms with van der Waals surface area (Å²) in [6.45, 7) is 12.7. The van der Waals surface area contributed by atoms with Gasteiger partial charge in [0.2, 0.25) is 0 Å². The minimum absolute atomic E-state index is 0.136. The predicted molar refractivity (Wildman–Crippen MR) is 130 cm³/mol. The molecule has 1 heterocycles. The largest absolute Gasteiger partial charge is 0.381 e. The molecule has 0 aromatic heterocycles. The number of nitrogens with zero attached hydrogens (tertiary/aromatic N) is 2. The Kier molecular flexibility index (Phi) is 8.60. The zero-order valence-electron chi connectivity index (χ0n) is 19.6. The highest BCUT2D eigenvalue weighted by atomic mass is 19.1. The van der Waals surface area contributed by atoms with Crippen LogP contribution < -0.4 is 5.32 Å². The molecule has 1 N–H and O–H groups in total. The van der Waals surface area contributed by atoms with Gasteiger partial charge in [-0.25, -0.2) is 4.39 Å². The smallest absolute Gasteiger partial charge is 0.150 e. The van der Waals surface area contributed by atoms with Crippen molar-refractivity contribution in [2.45, 2.75) is 39.9 Å². The molecule has 0 bridgehead atoms. The van der Waals surface area contributed by atoms with Crippen molar-refractivity contribution in [3.8, 4) is 0 Å². The molecular weight excluding hydrogens is 401 g/mol. The lowest BCUT2D eigenvalue weighted by Gasteiger charge is -2.35. The minimum Gasteiger partial charge on any atom is -0.381 e. The number of likely N-dealkylation sites (N-methyl/N-ethyl adjacent to an activating group) is 1. The van der Waals surface area contributed by atoms with Crippen LogP contribution in [0.15, 0.2) is 49.1 Å². The van der Waals surface area contributed by atoms with Gasteiger partial charge in [0.05, 0.1) is 0 Å². The van der Waals surface area contributed by atoms with E-state index in [4.69, 9.17) is 0 Å². The molecule has 172 valence electrons. The molecule has 1 aliphatic heterocycles. The van der Waals surface area contributed by atoms with Gasteiger partial charge in [-0.2, -0.15) is 0 Å². The summed E-state index contributed by atoms with van der Waals surface area (Å²) >= 11 is 0. The maximum Gasteiger partial charge on any atom is 0.150 e. The van der Waals surface area contributed by atoms with Crippen LogP contribution in [0.3, 0.4) is 0 Å². The van der Waals surface area contributed by atoms with E-state index in [0.29, 0.717) is 42.6 Å². The van der Waals surface area contributed by atoms with Gasteiger partial charge in [-0.05, 0) is 36.9 Å². The van der Waals surface area contributed by atoms with Gasteiger partial charge in [0.1, 0.15) is 12.1 Å². The quantitative estimate of drug-likeness (QED) is 0.402. The van der Waals surface area contributed by atoms with Gasteiger partial charge < -0.3 is 5.32 Å². The van der Waals surface area contributed by atoms with Gasteiger partial charge in [0.15, 0.2) is 0 Å². The number of anilines is 1.